The highest BCUT2D eigenvalue weighted by molar-refractivity contribution is 6.82. The van der Waals surface area contributed by atoms with E-state index in [0.717, 1.165) is 26.1 Å². The molecule has 1 atom stereocenters. The molecule has 0 saturated heterocycles. The first kappa shape index (κ1) is 14.4. The van der Waals surface area contributed by atoms with Crippen molar-refractivity contribution in [2.75, 3.05) is 13.2 Å². The van der Waals surface area contributed by atoms with Crippen LogP contribution in [0.4, 0.5) is 0 Å². The van der Waals surface area contributed by atoms with Gasteiger partial charge in [0.15, 0.2) is 17.4 Å². The zero-order chi connectivity index (χ0) is 11.0. The van der Waals surface area contributed by atoms with Gasteiger partial charge in [-0.2, -0.15) is 0 Å². The van der Waals surface area contributed by atoms with Crippen molar-refractivity contribution in [1.82, 2.24) is 0 Å². The van der Waals surface area contributed by atoms with E-state index in [1.165, 1.54) is 5.67 Å². The van der Waals surface area contributed by atoms with Crippen molar-refractivity contribution in [2.24, 2.45) is 0 Å². The van der Waals surface area contributed by atoms with E-state index in [9.17, 15) is 0 Å². The predicted octanol–water partition coefficient (Wildman–Crippen LogP) is 2.94. The van der Waals surface area contributed by atoms with Gasteiger partial charge in [-0.3, -0.25) is 0 Å². The van der Waals surface area contributed by atoms with Crippen LogP contribution in [0.5, 0.6) is 0 Å². The molecule has 0 aliphatic carbocycles. The highest BCUT2D eigenvalue weighted by atomic mass is 28.4. The van der Waals surface area contributed by atoms with E-state index in [4.69, 9.17) is 8.85 Å². The Labute approximate surface area is 91.9 Å². The molecule has 86 valence electrons. The van der Waals surface area contributed by atoms with Crippen molar-refractivity contribution in [3.05, 3.63) is 0 Å². The second-order valence-corrected chi connectivity index (χ2v) is 11.9. The monoisotopic (exact) mass is 234 g/mol. The van der Waals surface area contributed by atoms with E-state index < -0.39 is 17.4 Å². The normalized spacial score (nSPS) is 14.4. The molecule has 14 heavy (non-hydrogen) atoms. The molecule has 0 heterocycles. The van der Waals surface area contributed by atoms with Gasteiger partial charge in [-0.05, 0) is 38.2 Å². The fraction of sp³-hybridized carbons (Fsp3) is 1.00. The molecule has 0 aromatic rings. The van der Waals surface area contributed by atoms with Gasteiger partial charge in [0.25, 0.3) is 0 Å². The Morgan fingerprint density at radius 2 is 1.64 bits per heavy atom. The van der Waals surface area contributed by atoms with E-state index in [0.29, 0.717) is 0 Å². The van der Waals surface area contributed by atoms with Gasteiger partial charge in [0.05, 0.1) is 0 Å². The van der Waals surface area contributed by atoms with Crippen LogP contribution in [0.2, 0.25) is 25.3 Å². The molecule has 0 aliphatic rings. The summed E-state index contributed by atoms with van der Waals surface area (Å²) in [5, 5.41) is 0. The summed E-state index contributed by atoms with van der Waals surface area (Å²) in [6, 6.07) is 0. The maximum Gasteiger partial charge on any atom is 0.186 e. The molecular formula is C10H26O2Si2. The Morgan fingerprint density at radius 1 is 1.07 bits per heavy atom. The van der Waals surface area contributed by atoms with Gasteiger partial charge in [-0.15, -0.1) is 0 Å². The van der Waals surface area contributed by atoms with E-state index >= 15 is 0 Å². The third-order valence-electron chi connectivity index (χ3n) is 2.08. The molecule has 0 aromatic heterocycles. The van der Waals surface area contributed by atoms with Gasteiger partial charge in [0, 0.05) is 13.2 Å². The van der Waals surface area contributed by atoms with Crippen molar-refractivity contribution < 1.29 is 8.85 Å². The van der Waals surface area contributed by atoms with E-state index in [2.05, 4.69) is 33.5 Å². The lowest BCUT2D eigenvalue weighted by Crippen LogP contribution is -2.37. The molecule has 0 rings (SSSR count). The number of hydrogen-bond acceptors (Lipinski definition) is 2. The Kier molecular flexibility index (Phi) is 7.81. The summed E-state index contributed by atoms with van der Waals surface area (Å²) in [6.45, 7) is 13.1. The Morgan fingerprint density at radius 3 is 2.14 bits per heavy atom. The first-order valence-electron chi connectivity index (χ1n) is 5.77. The standard InChI is InChI=1S/C10H26O2Si2/c1-6-8-11-13(3)10-14(4,5)12-9-7-2/h13H,6-10H2,1-5H3. The summed E-state index contributed by atoms with van der Waals surface area (Å²) in [5.74, 6) is 0. The van der Waals surface area contributed by atoms with Gasteiger partial charge < -0.3 is 8.85 Å². The first-order valence-corrected chi connectivity index (χ1v) is 11.3. The van der Waals surface area contributed by atoms with E-state index in [1.807, 2.05) is 0 Å². The van der Waals surface area contributed by atoms with Crippen LogP contribution in [0.1, 0.15) is 26.7 Å². The average molecular weight is 234 g/mol. The van der Waals surface area contributed by atoms with E-state index in [1.54, 1.807) is 0 Å². The quantitative estimate of drug-likeness (QED) is 0.601. The zero-order valence-electron chi connectivity index (χ0n) is 10.4. The maximum atomic E-state index is 5.92. The summed E-state index contributed by atoms with van der Waals surface area (Å²) in [5.41, 5.74) is 1.24. The molecule has 0 radical (unpaired) electrons. The third kappa shape index (κ3) is 7.73. The van der Waals surface area contributed by atoms with Crippen LogP contribution in [0.25, 0.3) is 0 Å². The summed E-state index contributed by atoms with van der Waals surface area (Å²) in [4.78, 5) is 0. The summed E-state index contributed by atoms with van der Waals surface area (Å²) in [7, 11) is -2.35. The van der Waals surface area contributed by atoms with Gasteiger partial charge in [0.2, 0.25) is 0 Å². The lowest BCUT2D eigenvalue weighted by molar-refractivity contribution is 0.301. The van der Waals surface area contributed by atoms with Crippen LogP contribution in [0, 0.1) is 0 Å². The average Bonchev–Trinajstić information content (AvgIpc) is 2.11. The summed E-state index contributed by atoms with van der Waals surface area (Å²) < 4.78 is 11.7. The molecule has 0 aromatic carbocycles. The fourth-order valence-electron chi connectivity index (χ4n) is 1.51. The van der Waals surface area contributed by atoms with Crippen LogP contribution in [0.15, 0.2) is 0 Å². The molecule has 0 spiro atoms. The Hall–Kier alpha value is 0.354. The second-order valence-electron chi connectivity index (χ2n) is 4.49. The fourth-order valence-corrected chi connectivity index (χ4v) is 9.38. The Bertz CT molecular complexity index is 140. The molecule has 2 nitrogen and oxygen atoms in total. The van der Waals surface area contributed by atoms with Gasteiger partial charge in [0.1, 0.15) is 0 Å². The van der Waals surface area contributed by atoms with Crippen molar-refractivity contribution in [1.29, 1.82) is 0 Å². The second kappa shape index (κ2) is 7.62. The lowest BCUT2D eigenvalue weighted by atomic mass is 10.5. The molecule has 0 amide bonds. The van der Waals surface area contributed by atoms with Gasteiger partial charge in [-0.1, -0.05) is 13.8 Å². The first-order chi connectivity index (χ1) is 6.52. The predicted molar refractivity (Wildman–Crippen MR) is 67.8 cm³/mol. The van der Waals surface area contributed by atoms with Crippen LogP contribution >= 0.6 is 0 Å². The molecule has 4 heteroatoms. The Balaban J connectivity index is 3.70. The summed E-state index contributed by atoms with van der Waals surface area (Å²) >= 11 is 0. The van der Waals surface area contributed by atoms with Crippen LogP contribution in [0.3, 0.4) is 0 Å². The molecule has 0 saturated carbocycles. The minimum absolute atomic E-state index is 0.925. The molecule has 0 bridgehead atoms. The van der Waals surface area contributed by atoms with Crippen molar-refractivity contribution in [3.63, 3.8) is 0 Å². The number of rotatable bonds is 8. The molecule has 1 unspecified atom stereocenters. The highest BCUT2D eigenvalue weighted by Gasteiger charge is 2.26. The van der Waals surface area contributed by atoms with Crippen LogP contribution in [-0.2, 0) is 8.85 Å². The molecule has 0 N–H and O–H groups in total. The summed E-state index contributed by atoms with van der Waals surface area (Å²) in [6.07, 6.45) is 2.26. The van der Waals surface area contributed by atoms with Gasteiger partial charge in [-0.25, -0.2) is 0 Å². The van der Waals surface area contributed by atoms with E-state index in [-0.39, 0.29) is 0 Å². The van der Waals surface area contributed by atoms with Crippen molar-refractivity contribution >= 4 is 17.4 Å². The maximum absolute atomic E-state index is 5.92. The highest BCUT2D eigenvalue weighted by Crippen LogP contribution is 2.14. The molecular weight excluding hydrogens is 208 g/mol. The lowest BCUT2D eigenvalue weighted by Gasteiger charge is -2.25. The SMILES string of the molecule is CCCO[SiH](C)C[Si](C)(C)OCCC. The molecule has 0 aliphatic heterocycles. The largest absolute Gasteiger partial charge is 0.421 e. The van der Waals surface area contributed by atoms with Gasteiger partial charge >= 0.3 is 0 Å². The zero-order valence-corrected chi connectivity index (χ0v) is 12.6. The number of hydrogen-bond donors (Lipinski definition) is 0. The van der Waals surface area contributed by atoms with Crippen molar-refractivity contribution in [2.45, 2.75) is 52.0 Å². The topological polar surface area (TPSA) is 18.5 Å². The smallest absolute Gasteiger partial charge is 0.186 e. The third-order valence-corrected chi connectivity index (χ3v) is 10.1. The van der Waals surface area contributed by atoms with Crippen LogP contribution in [-0.4, -0.2) is 30.6 Å². The minimum atomic E-state index is -1.40. The minimum Gasteiger partial charge on any atom is -0.421 e. The van der Waals surface area contributed by atoms with Crippen LogP contribution < -0.4 is 0 Å². The molecule has 0 fully saturated rings. The van der Waals surface area contributed by atoms with Crippen molar-refractivity contribution in [3.8, 4) is 0 Å².